The number of aromatic nitrogens is 1. The van der Waals surface area contributed by atoms with E-state index in [0.717, 1.165) is 5.69 Å². The van der Waals surface area contributed by atoms with Crippen molar-refractivity contribution in [3.63, 3.8) is 0 Å². The van der Waals surface area contributed by atoms with E-state index in [1.165, 1.54) is 18.3 Å². The van der Waals surface area contributed by atoms with Gasteiger partial charge in [0.1, 0.15) is 18.8 Å². The largest absolute Gasteiger partial charge is 0.504 e. The summed E-state index contributed by atoms with van der Waals surface area (Å²) in [6, 6.07) is 6.51. The topological polar surface area (TPSA) is 132 Å². The lowest BCUT2D eigenvalue weighted by molar-refractivity contribution is -0.148. The number of ether oxygens (including phenoxy) is 2. The molecule has 144 valence electrons. The number of phenolic OH excluding ortho intramolecular Hbond substituents is 2. The normalized spacial score (nSPS) is 12.9. The number of aryl methyl sites for hydroxylation is 1. The minimum Gasteiger partial charge on any atom is -0.504 e. The third kappa shape index (κ3) is 5.96. The van der Waals surface area contributed by atoms with Crippen molar-refractivity contribution < 1.29 is 29.3 Å². The fraction of sp³-hybridized carbons (Fsp3) is 0.316. The molecule has 2 aromatic rings. The smallest absolute Gasteiger partial charge is 0.340 e. The van der Waals surface area contributed by atoms with Gasteiger partial charge in [0.25, 0.3) is 0 Å². The number of phenols is 2. The van der Waals surface area contributed by atoms with Crippen LogP contribution in [0.4, 0.5) is 0 Å². The first kappa shape index (κ1) is 20.2. The fourth-order valence-corrected chi connectivity index (χ4v) is 2.21. The minimum atomic E-state index is -0.960. The van der Waals surface area contributed by atoms with E-state index in [4.69, 9.17) is 15.2 Å². The van der Waals surface area contributed by atoms with E-state index in [9.17, 15) is 19.8 Å². The molecule has 0 spiro atoms. The first-order chi connectivity index (χ1) is 12.8. The third-order valence-electron chi connectivity index (χ3n) is 3.71. The summed E-state index contributed by atoms with van der Waals surface area (Å²) in [7, 11) is 0. The van der Waals surface area contributed by atoms with Gasteiger partial charge in [-0.15, -0.1) is 0 Å². The molecule has 0 radical (unpaired) electrons. The van der Waals surface area contributed by atoms with Crippen LogP contribution in [0.25, 0.3) is 0 Å². The van der Waals surface area contributed by atoms with E-state index in [1.807, 2.05) is 0 Å². The third-order valence-corrected chi connectivity index (χ3v) is 3.71. The molecule has 0 aliphatic rings. The maximum Gasteiger partial charge on any atom is 0.340 e. The van der Waals surface area contributed by atoms with E-state index in [0.29, 0.717) is 11.1 Å². The highest BCUT2D eigenvalue weighted by Crippen LogP contribution is 2.25. The number of nitrogens with zero attached hydrogens (tertiary/aromatic N) is 1. The Labute approximate surface area is 156 Å². The number of carbonyl (C=O) groups excluding carboxylic acids is 2. The van der Waals surface area contributed by atoms with Crippen molar-refractivity contribution in [2.24, 2.45) is 5.73 Å². The van der Waals surface area contributed by atoms with Gasteiger partial charge in [-0.2, -0.15) is 0 Å². The highest BCUT2D eigenvalue weighted by atomic mass is 16.6. The molecule has 0 amide bonds. The standard InChI is InChI=1S/C19H22N2O6/c1-11-3-5-14(9-21-11)18(24)27-12(2)10-26-19(25)15(20)7-13-4-6-16(22)17(23)8-13/h3-6,8-9,12,15,22-23H,7,10,20H2,1-2H3/t12-,15+/m1/s1. The Kier molecular flexibility index (Phi) is 6.73. The molecule has 0 saturated heterocycles. The quantitative estimate of drug-likeness (QED) is 0.490. The molecule has 1 aromatic heterocycles. The molecule has 0 bridgehead atoms. The number of pyridine rings is 1. The lowest BCUT2D eigenvalue weighted by atomic mass is 10.1. The van der Waals surface area contributed by atoms with E-state index in [-0.39, 0.29) is 24.5 Å². The van der Waals surface area contributed by atoms with E-state index in [1.54, 1.807) is 32.0 Å². The van der Waals surface area contributed by atoms with Gasteiger partial charge in [-0.05, 0) is 50.1 Å². The van der Waals surface area contributed by atoms with Gasteiger partial charge in [-0.3, -0.25) is 9.78 Å². The summed E-state index contributed by atoms with van der Waals surface area (Å²) >= 11 is 0. The zero-order valence-corrected chi connectivity index (χ0v) is 15.1. The summed E-state index contributed by atoms with van der Waals surface area (Å²) in [6.07, 6.45) is 0.877. The van der Waals surface area contributed by atoms with Crippen molar-refractivity contribution in [2.75, 3.05) is 6.61 Å². The zero-order chi connectivity index (χ0) is 20.0. The predicted octanol–water partition coefficient (Wildman–Crippen LogP) is 1.46. The van der Waals surface area contributed by atoms with Crippen LogP contribution in [-0.2, 0) is 20.7 Å². The molecular formula is C19H22N2O6. The van der Waals surface area contributed by atoms with Crippen molar-refractivity contribution in [1.29, 1.82) is 0 Å². The second-order valence-corrected chi connectivity index (χ2v) is 6.17. The maximum absolute atomic E-state index is 12.0. The van der Waals surface area contributed by atoms with Gasteiger partial charge in [0.15, 0.2) is 11.5 Å². The fourth-order valence-electron chi connectivity index (χ4n) is 2.21. The number of hydrogen-bond donors (Lipinski definition) is 3. The molecule has 0 fully saturated rings. The number of carbonyl (C=O) groups is 2. The van der Waals surface area contributed by atoms with Crippen molar-refractivity contribution >= 4 is 11.9 Å². The number of esters is 2. The Hall–Kier alpha value is -3.13. The zero-order valence-electron chi connectivity index (χ0n) is 15.1. The molecule has 27 heavy (non-hydrogen) atoms. The molecule has 0 aliphatic heterocycles. The second-order valence-electron chi connectivity index (χ2n) is 6.17. The lowest BCUT2D eigenvalue weighted by Crippen LogP contribution is -2.36. The van der Waals surface area contributed by atoms with Gasteiger partial charge in [0.05, 0.1) is 5.56 Å². The number of rotatable bonds is 7. The van der Waals surface area contributed by atoms with Gasteiger partial charge >= 0.3 is 11.9 Å². The molecule has 8 heteroatoms. The van der Waals surface area contributed by atoms with Crippen LogP contribution in [0.1, 0.15) is 28.5 Å². The average molecular weight is 374 g/mol. The minimum absolute atomic E-state index is 0.121. The molecule has 8 nitrogen and oxygen atoms in total. The summed E-state index contributed by atoms with van der Waals surface area (Å²) in [5.74, 6) is -1.77. The molecular weight excluding hydrogens is 352 g/mol. The number of aromatic hydroxyl groups is 2. The van der Waals surface area contributed by atoms with Crippen LogP contribution in [0.2, 0.25) is 0 Å². The maximum atomic E-state index is 12.0. The van der Waals surface area contributed by atoms with Crippen LogP contribution < -0.4 is 5.73 Å². The predicted molar refractivity (Wildman–Crippen MR) is 96.3 cm³/mol. The Morgan fingerprint density at radius 2 is 1.93 bits per heavy atom. The summed E-state index contributed by atoms with van der Waals surface area (Å²) in [6.45, 7) is 3.26. The van der Waals surface area contributed by atoms with Crippen molar-refractivity contribution in [3.8, 4) is 11.5 Å². The Morgan fingerprint density at radius 1 is 1.19 bits per heavy atom. The van der Waals surface area contributed by atoms with Crippen LogP contribution >= 0.6 is 0 Å². The molecule has 2 atom stereocenters. The Bertz CT molecular complexity index is 806. The van der Waals surface area contributed by atoms with Crippen molar-refractivity contribution in [2.45, 2.75) is 32.4 Å². The van der Waals surface area contributed by atoms with Crippen LogP contribution in [0.5, 0.6) is 11.5 Å². The molecule has 1 heterocycles. The van der Waals surface area contributed by atoms with E-state index >= 15 is 0 Å². The summed E-state index contributed by atoms with van der Waals surface area (Å²) < 4.78 is 10.3. The van der Waals surface area contributed by atoms with Gasteiger partial charge in [-0.1, -0.05) is 6.07 Å². The monoisotopic (exact) mass is 374 g/mol. The van der Waals surface area contributed by atoms with Crippen LogP contribution in [0, 0.1) is 6.92 Å². The van der Waals surface area contributed by atoms with Gasteiger partial charge in [0, 0.05) is 11.9 Å². The van der Waals surface area contributed by atoms with Crippen LogP contribution in [0.3, 0.4) is 0 Å². The highest BCUT2D eigenvalue weighted by Gasteiger charge is 2.19. The average Bonchev–Trinajstić information content (AvgIpc) is 2.63. The summed E-state index contributed by atoms with van der Waals surface area (Å²) in [5.41, 5.74) is 7.46. The first-order valence-corrected chi connectivity index (χ1v) is 8.33. The molecule has 0 saturated carbocycles. The number of hydrogen-bond acceptors (Lipinski definition) is 8. The van der Waals surface area contributed by atoms with Crippen molar-refractivity contribution in [1.82, 2.24) is 4.98 Å². The molecule has 1 aromatic carbocycles. The summed E-state index contributed by atoms with van der Waals surface area (Å²) in [5, 5.41) is 18.7. The molecule has 2 rings (SSSR count). The Morgan fingerprint density at radius 3 is 2.56 bits per heavy atom. The Balaban J connectivity index is 1.80. The molecule has 4 N–H and O–H groups in total. The second kappa shape index (κ2) is 9.00. The van der Waals surface area contributed by atoms with E-state index in [2.05, 4.69) is 4.98 Å². The highest BCUT2D eigenvalue weighted by molar-refractivity contribution is 5.89. The number of nitrogens with two attached hydrogens (primary N) is 1. The van der Waals surface area contributed by atoms with Crippen LogP contribution in [0.15, 0.2) is 36.5 Å². The molecule has 0 aliphatic carbocycles. The van der Waals surface area contributed by atoms with Gasteiger partial charge < -0.3 is 25.4 Å². The van der Waals surface area contributed by atoms with E-state index < -0.39 is 24.1 Å². The van der Waals surface area contributed by atoms with Gasteiger partial charge in [-0.25, -0.2) is 4.79 Å². The van der Waals surface area contributed by atoms with Crippen molar-refractivity contribution in [3.05, 3.63) is 53.3 Å². The SMILES string of the molecule is Cc1ccc(C(=O)O[C@H](C)COC(=O)[C@@H](N)Cc2ccc(O)c(O)c2)cn1. The van der Waals surface area contributed by atoms with Gasteiger partial charge in [0.2, 0.25) is 0 Å². The first-order valence-electron chi connectivity index (χ1n) is 8.33. The lowest BCUT2D eigenvalue weighted by Gasteiger charge is -2.16. The number of benzene rings is 1. The molecule has 0 unspecified atom stereocenters. The summed E-state index contributed by atoms with van der Waals surface area (Å²) in [4.78, 5) is 28.0. The van der Waals surface area contributed by atoms with Crippen LogP contribution in [-0.4, -0.2) is 45.9 Å².